The number of pyridine rings is 2. The first kappa shape index (κ1) is 13.8. The fourth-order valence-corrected chi connectivity index (χ4v) is 2.85. The number of anilines is 3. The molecule has 0 radical (unpaired) electrons. The maximum absolute atomic E-state index is 6.00. The monoisotopic (exact) mass is 303 g/mol. The Morgan fingerprint density at radius 2 is 1.87 bits per heavy atom. The van der Waals surface area contributed by atoms with Crippen LogP contribution >= 0.6 is 0 Å². The van der Waals surface area contributed by atoms with E-state index in [1.165, 1.54) is 5.56 Å². The van der Waals surface area contributed by atoms with Gasteiger partial charge in [0.2, 0.25) is 0 Å². The van der Waals surface area contributed by atoms with E-state index in [1.54, 1.807) is 0 Å². The van der Waals surface area contributed by atoms with E-state index in [1.807, 2.05) is 49.6 Å². The summed E-state index contributed by atoms with van der Waals surface area (Å²) in [6.07, 6.45) is 3.67. The Bertz CT molecular complexity index is 876. The van der Waals surface area contributed by atoms with E-state index in [0.29, 0.717) is 6.61 Å². The first-order valence-corrected chi connectivity index (χ1v) is 7.63. The van der Waals surface area contributed by atoms with Crippen LogP contribution in [0.4, 0.5) is 17.3 Å². The average Bonchev–Trinajstić information content (AvgIpc) is 2.72. The topological polar surface area (TPSA) is 38.3 Å². The van der Waals surface area contributed by atoms with Crippen LogP contribution in [-0.2, 0) is 6.61 Å². The van der Waals surface area contributed by atoms with Crippen LogP contribution in [0.1, 0.15) is 16.7 Å². The van der Waals surface area contributed by atoms with Gasteiger partial charge in [-0.05, 0) is 43.2 Å². The number of benzene rings is 1. The predicted octanol–water partition coefficient (Wildman–Crippen LogP) is 4.46. The second-order valence-corrected chi connectivity index (χ2v) is 5.73. The van der Waals surface area contributed by atoms with Crippen molar-refractivity contribution in [1.82, 2.24) is 9.97 Å². The third-order valence-electron chi connectivity index (χ3n) is 4.00. The van der Waals surface area contributed by atoms with Crippen LogP contribution in [0, 0.1) is 13.8 Å². The second kappa shape index (κ2) is 5.39. The minimum atomic E-state index is 0.490. The van der Waals surface area contributed by atoms with Crippen molar-refractivity contribution in [3.8, 4) is 5.75 Å². The number of aromatic nitrogens is 2. The van der Waals surface area contributed by atoms with Crippen molar-refractivity contribution in [2.45, 2.75) is 20.5 Å². The van der Waals surface area contributed by atoms with E-state index < -0.39 is 0 Å². The number of para-hydroxylation sites is 1. The Kier molecular flexibility index (Phi) is 3.23. The predicted molar refractivity (Wildman–Crippen MR) is 90.5 cm³/mol. The minimum absolute atomic E-state index is 0.490. The van der Waals surface area contributed by atoms with E-state index in [2.05, 4.69) is 33.9 Å². The largest absolute Gasteiger partial charge is 0.485 e. The van der Waals surface area contributed by atoms with Gasteiger partial charge in [0.05, 0.1) is 5.69 Å². The summed E-state index contributed by atoms with van der Waals surface area (Å²) in [7, 11) is 0. The Hall–Kier alpha value is -2.88. The molecular weight excluding hydrogens is 286 g/mol. The molecule has 4 rings (SSSR count). The third-order valence-corrected chi connectivity index (χ3v) is 4.00. The zero-order valence-corrected chi connectivity index (χ0v) is 13.2. The Balaban J connectivity index is 2.01. The fourth-order valence-electron chi connectivity index (χ4n) is 2.85. The van der Waals surface area contributed by atoms with Crippen LogP contribution in [0.5, 0.6) is 5.75 Å². The normalized spacial score (nSPS) is 12.9. The zero-order valence-electron chi connectivity index (χ0n) is 13.2. The van der Waals surface area contributed by atoms with Crippen LogP contribution in [0.2, 0.25) is 0 Å². The lowest BCUT2D eigenvalue weighted by molar-refractivity contribution is 0.309. The Morgan fingerprint density at radius 1 is 1.00 bits per heavy atom. The summed E-state index contributed by atoms with van der Waals surface area (Å²) in [5, 5.41) is 0. The highest BCUT2D eigenvalue weighted by molar-refractivity contribution is 5.79. The Morgan fingerprint density at radius 3 is 2.74 bits per heavy atom. The molecule has 0 saturated heterocycles. The van der Waals surface area contributed by atoms with Gasteiger partial charge in [-0.3, -0.25) is 4.90 Å². The quantitative estimate of drug-likeness (QED) is 0.665. The number of hydrogen-bond donors (Lipinski definition) is 0. The molecule has 0 spiro atoms. The molecule has 0 fully saturated rings. The van der Waals surface area contributed by atoms with E-state index in [9.17, 15) is 0 Å². The molecule has 23 heavy (non-hydrogen) atoms. The molecule has 0 atom stereocenters. The number of ether oxygens (including phenoxy) is 1. The van der Waals surface area contributed by atoms with Crippen molar-refractivity contribution in [3.63, 3.8) is 0 Å². The van der Waals surface area contributed by atoms with Gasteiger partial charge in [0.25, 0.3) is 0 Å². The van der Waals surface area contributed by atoms with Gasteiger partial charge in [-0.15, -0.1) is 0 Å². The zero-order chi connectivity index (χ0) is 15.8. The van der Waals surface area contributed by atoms with Gasteiger partial charge in [0.1, 0.15) is 12.4 Å². The molecule has 0 unspecified atom stereocenters. The molecule has 0 amide bonds. The number of nitrogens with zero attached hydrogens (tertiary/aromatic N) is 3. The third kappa shape index (κ3) is 2.32. The molecule has 1 aliphatic rings. The van der Waals surface area contributed by atoms with Crippen molar-refractivity contribution in [2.75, 3.05) is 4.90 Å². The molecule has 1 aliphatic heterocycles. The van der Waals surface area contributed by atoms with Crippen molar-refractivity contribution >= 4 is 17.3 Å². The molecule has 3 aromatic rings. The number of rotatable bonds is 1. The molecule has 0 bridgehead atoms. The van der Waals surface area contributed by atoms with Gasteiger partial charge in [-0.25, -0.2) is 9.97 Å². The highest BCUT2D eigenvalue weighted by atomic mass is 16.5. The maximum atomic E-state index is 6.00. The van der Waals surface area contributed by atoms with Gasteiger partial charge < -0.3 is 4.74 Å². The summed E-state index contributed by atoms with van der Waals surface area (Å²) in [5.74, 6) is 2.44. The van der Waals surface area contributed by atoms with E-state index in [-0.39, 0.29) is 0 Å². The van der Waals surface area contributed by atoms with Gasteiger partial charge in [0.15, 0.2) is 11.6 Å². The standard InChI is InChI=1S/C19H17N3O/c1-13-10-17-19(21-11-13)22(16-8-4-3-6-14(16)2)18-15(12-23-17)7-5-9-20-18/h3-11H,12H2,1-2H3. The SMILES string of the molecule is Cc1cnc2c(c1)OCc1cccnc1N2c1ccccc1C. The molecule has 0 saturated carbocycles. The first-order chi connectivity index (χ1) is 11.2. The molecule has 3 heterocycles. The first-order valence-electron chi connectivity index (χ1n) is 7.63. The fraction of sp³-hybridized carbons (Fsp3) is 0.158. The Labute approximate surface area is 135 Å². The molecule has 0 aliphatic carbocycles. The van der Waals surface area contributed by atoms with Gasteiger partial charge >= 0.3 is 0 Å². The van der Waals surface area contributed by atoms with Crippen LogP contribution < -0.4 is 9.64 Å². The highest BCUT2D eigenvalue weighted by Crippen LogP contribution is 2.43. The molecule has 4 heteroatoms. The van der Waals surface area contributed by atoms with E-state index in [0.717, 1.165) is 34.2 Å². The van der Waals surface area contributed by atoms with Gasteiger partial charge in [0, 0.05) is 18.0 Å². The smallest absolute Gasteiger partial charge is 0.181 e. The second-order valence-electron chi connectivity index (χ2n) is 5.73. The number of aryl methyl sites for hydroxylation is 2. The minimum Gasteiger partial charge on any atom is -0.485 e. The van der Waals surface area contributed by atoms with Crippen LogP contribution in [0.3, 0.4) is 0 Å². The molecule has 2 aromatic heterocycles. The molecule has 4 nitrogen and oxygen atoms in total. The summed E-state index contributed by atoms with van der Waals surface area (Å²) in [5.41, 5.74) is 4.36. The van der Waals surface area contributed by atoms with Gasteiger partial charge in [-0.1, -0.05) is 24.3 Å². The summed E-state index contributed by atoms with van der Waals surface area (Å²) in [6.45, 7) is 4.60. The lowest BCUT2D eigenvalue weighted by atomic mass is 10.1. The van der Waals surface area contributed by atoms with Crippen molar-refractivity contribution in [3.05, 3.63) is 71.5 Å². The molecular formula is C19H17N3O. The van der Waals surface area contributed by atoms with Crippen molar-refractivity contribution in [1.29, 1.82) is 0 Å². The van der Waals surface area contributed by atoms with Crippen LogP contribution in [0.25, 0.3) is 0 Å². The number of hydrogen-bond acceptors (Lipinski definition) is 4. The summed E-state index contributed by atoms with van der Waals surface area (Å²) >= 11 is 0. The van der Waals surface area contributed by atoms with Crippen molar-refractivity contribution < 1.29 is 4.74 Å². The lowest BCUT2D eigenvalue weighted by Gasteiger charge is -2.25. The summed E-state index contributed by atoms with van der Waals surface area (Å²) < 4.78 is 6.00. The summed E-state index contributed by atoms with van der Waals surface area (Å²) in [6, 6.07) is 14.3. The molecule has 1 aromatic carbocycles. The van der Waals surface area contributed by atoms with E-state index >= 15 is 0 Å². The van der Waals surface area contributed by atoms with Crippen LogP contribution in [-0.4, -0.2) is 9.97 Å². The van der Waals surface area contributed by atoms with Crippen LogP contribution in [0.15, 0.2) is 54.9 Å². The molecule has 114 valence electrons. The average molecular weight is 303 g/mol. The number of fused-ring (bicyclic) bond motifs is 2. The van der Waals surface area contributed by atoms with Gasteiger partial charge in [-0.2, -0.15) is 0 Å². The van der Waals surface area contributed by atoms with Crippen molar-refractivity contribution in [2.24, 2.45) is 0 Å². The highest BCUT2D eigenvalue weighted by Gasteiger charge is 2.26. The lowest BCUT2D eigenvalue weighted by Crippen LogP contribution is -2.14. The molecule has 0 N–H and O–H groups in total. The van der Waals surface area contributed by atoms with E-state index in [4.69, 9.17) is 4.74 Å². The summed E-state index contributed by atoms with van der Waals surface area (Å²) in [4.78, 5) is 11.3. The maximum Gasteiger partial charge on any atom is 0.181 e.